The minimum Gasteiger partial charge on any atom is -0.466 e. The van der Waals surface area contributed by atoms with Crippen molar-refractivity contribution in [1.82, 2.24) is 0 Å². The molecule has 0 N–H and O–H groups in total. The zero-order valence-electron chi connectivity index (χ0n) is 30.4. The Balaban J connectivity index is 2.47. The largest absolute Gasteiger partial charge is 0.466 e. The zero-order chi connectivity index (χ0) is 33.3. The van der Waals surface area contributed by atoms with Crippen molar-refractivity contribution in [3.8, 4) is 0 Å². The normalized spacial score (nSPS) is 18.5. The Hall–Kier alpha value is -1.59. The van der Waals surface area contributed by atoms with Crippen LogP contribution in [-0.2, 0) is 28.6 Å². The molecular formula is C39H72O6. The van der Waals surface area contributed by atoms with E-state index >= 15 is 0 Å². The van der Waals surface area contributed by atoms with Crippen LogP contribution in [0.25, 0.3) is 0 Å². The Morgan fingerprint density at radius 1 is 0.444 bits per heavy atom. The van der Waals surface area contributed by atoms with Crippen molar-refractivity contribution >= 4 is 17.9 Å². The maximum atomic E-state index is 12.5. The Labute approximate surface area is 277 Å². The second-order valence-corrected chi connectivity index (χ2v) is 15.3. The van der Waals surface area contributed by atoms with Crippen LogP contribution in [0.3, 0.4) is 0 Å². The Morgan fingerprint density at radius 3 is 0.956 bits per heavy atom. The molecule has 0 spiro atoms. The van der Waals surface area contributed by atoms with Gasteiger partial charge < -0.3 is 14.2 Å². The van der Waals surface area contributed by atoms with Crippen LogP contribution in [-0.4, -0.2) is 37.7 Å². The standard InChI is InChI=1S/C39H72O6/c1-31(2)16-10-7-13-25-43-37(40)22-19-34-28-35(20-23-38(41)44-26-14-8-11-17-32(3)4)30-36(29-34)21-24-39(42)45-27-15-9-12-18-33(5)6/h31-36H,7-30H2,1-6H3. The Kier molecular flexibility index (Phi) is 24.4. The van der Waals surface area contributed by atoms with Gasteiger partial charge in [0.25, 0.3) is 0 Å². The smallest absolute Gasteiger partial charge is 0.305 e. The first-order chi connectivity index (χ1) is 21.5. The molecule has 0 heterocycles. The quantitative estimate of drug-likeness (QED) is 0.0507. The molecule has 0 saturated heterocycles. The van der Waals surface area contributed by atoms with E-state index in [0.29, 0.717) is 56.8 Å². The van der Waals surface area contributed by atoms with Crippen LogP contribution in [0.15, 0.2) is 0 Å². The van der Waals surface area contributed by atoms with Gasteiger partial charge in [-0.25, -0.2) is 0 Å². The lowest BCUT2D eigenvalue weighted by atomic mass is 9.71. The zero-order valence-corrected chi connectivity index (χ0v) is 30.4. The van der Waals surface area contributed by atoms with Crippen molar-refractivity contribution in [2.75, 3.05) is 19.8 Å². The Morgan fingerprint density at radius 2 is 0.711 bits per heavy atom. The number of hydrogen-bond acceptors (Lipinski definition) is 6. The molecule has 6 heteroatoms. The summed E-state index contributed by atoms with van der Waals surface area (Å²) in [6.45, 7) is 15.0. The molecule has 1 saturated carbocycles. The van der Waals surface area contributed by atoms with Gasteiger partial charge in [0.15, 0.2) is 0 Å². The number of carbonyl (C=O) groups excluding carboxylic acids is 3. The lowest BCUT2D eigenvalue weighted by Gasteiger charge is -2.35. The summed E-state index contributed by atoms with van der Waals surface area (Å²) in [6.07, 6.45) is 20.3. The first kappa shape index (κ1) is 41.4. The van der Waals surface area contributed by atoms with E-state index in [-0.39, 0.29) is 17.9 Å². The summed E-state index contributed by atoms with van der Waals surface area (Å²) in [7, 11) is 0. The second kappa shape index (κ2) is 26.5. The molecule has 1 rings (SSSR count). The summed E-state index contributed by atoms with van der Waals surface area (Å²) in [6, 6.07) is 0. The average molecular weight is 637 g/mol. The highest BCUT2D eigenvalue weighted by molar-refractivity contribution is 5.70. The minimum absolute atomic E-state index is 0.0912. The van der Waals surface area contributed by atoms with Crippen LogP contribution in [0.2, 0.25) is 0 Å². The fourth-order valence-corrected chi connectivity index (χ4v) is 6.64. The van der Waals surface area contributed by atoms with Crippen molar-refractivity contribution in [2.45, 2.75) is 176 Å². The van der Waals surface area contributed by atoms with Gasteiger partial charge in [-0.15, -0.1) is 0 Å². The van der Waals surface area contributed by atoms with Gasteiger partial charge in [-0.2, -0.15) is 0 Å². The molecule has 0 aromatic rings. The highest BCUT2D eigenvalue weighted by Gasteiger charge is 2.30. The molecule has 0 amide bonds. The third-order valence-corrected chi connectivity index (χ3v) is 9.34. The van der Waals surface area contributed by atoms with Crippen LogP contribution in [0, 0.1) is 35.5 Å². The molecule has 264 valence electrons. The molecule has 1 fully saturated rings. The summed E-state index contributed by atoms with van der Waals surface area (Å²) in [4.78, 5) is 37.4. The third kappa shape index (κ3) is 25.2. The van der Waals surface area contributed by atoms with Gasteiger partial charge in [0, 0.05) is 19.3 Å². The molecule has 1 aliphatic carbocycles. The van der Waals surface area contributed by atoms with E-state index < -0.39 is 0 Å². The van der Waals surface area contributed by atoms with E-state index in [4.69, 9.17) is 14.2 Å². The molecule has 0 aliphatic heterocycles. The lowest BCUT2D eigenvalue weighted by molar-refractivity contribution is -0.144. The van der Waals surface area contributed by atoms with Crippen LogP contribution in [0.1, 0.15) is 176 Å². The topological polar surface area (TPSA) is 78.9 Å². The van der Waals surface area contributed by atoms with Crippen LogP contribution >= 0.6 is 0 Å². The molecule has 0 aromatic heterocycles. The number of rotatable bonds is 27. The molecule has 1 aliphatic rings. The summed E-state index contributed by atoms with van der Waals surface area (Å²) in [5.74, 6) is 3.15. The number of hydrogen-bond donors (Lipinski definition) is 0. The molecular weight excluding hydrogens is 564 g/mol. The maximum Gasteiger partial charge on any atom is 0.305 e. The lowest BCUT2D eigenvalue weighted by Crippen LogP contribution is -2.25. The molecule has 0 unspecified atom stereocenters. The molecule has 0 atom stereocenters. The van der Waals surface area contributed by atoms with Gasteiger partial charge >= 0.3 is 17.9 Å². The van der Waals surface area contributed by atoms with Gasteiger partial charge in [-0.3, -0.25) is 14.4 Å². The molecule has 0 bridgehead atoms. The van der Waals surface area contributed by atoms with E-state index in [2.05, 4.69) is 41.5 Å². The van der Waals surface area contributed by atoms with Crippen molar-refractivity contribution in [1.29, 1.82) is 0 Å². The van der Waals surface area contributed by atoms with Gasteiger partial charge in [-0.05, 0) is 93.3 Å². The van der Waals surface area contributed by atoms with Gasteiger partial charge in [-0.1, -0.05) is 99.3 Å². The fraction of sp³-hybridized carbons (Fsp3) is 0.923. The van der Waals surface area contributed by atoms with Crippen molar-refractivity contribution in [2.24, 2.45) is 35.5 Å². The fourth-order valence-electron chi connectivity index (χ4n) is 6.64. The maximum absolute atomic E-state index is 12.5. The minimum atomic E-state index is -0.0912. The summed E-state index contributed by atoms with van der Waals surface area (Å²) < 4.78 is 16.6. The summed E-state index contributed by atoms with van der Waals surface area (Å²) in [5, 5.41) is 0. The van der Waals surface area contributed by atoms with Gasteiger partial charge in [0.05, 0.1) is 19.8 Å². The van der Waals surface area contributed by atoms with E-state index in [1.54, 1.807) is 0 Å². The molecule has 0 radical (unpaired) electrons. The first-order valence-corrected chi connectivity index (χ1v) is 19.0. The molecule has 0 aromatic carbocycles. The number of ether oxygens (including phenoxy) is 3. The van der Waals surface area contributed by atoms with Crippen LogP contribution in [0.4, 0.5) is 0 Å². The first-order valence-electron chi connectivity index (χ1n) is 19.0. The van der Waals surface area contributed by atoms with Crippen molar-refractivity contribution in [3.63, 3.8) is 0 Å². The highest BCUT2D eigenvalue weighted by Crippen LogP contribution is 2.40. The van der Waals surface area contributed by atoms with Crippen LogP contribution in [0.5, 0.6) is 0 Å². The number of carbonyl (C=O) groups is 3. The van der Waals surface area contributed by atoms with E-state index in [1.165, 1.54) is 38.5 Å². The van der Waals surface area contributed by atoms with Gasteiger partial charge in [0.2, 0.25) is 0 Å². The van der Waals surface area contributed by atoms with Crippen molar-refractivity contribution in [3.05, 3.63) is 0 Å². The number of esters is 3. The number of unbranched alkanes of at least 4 members (excludes halogenated alkanes) is 6. The summed E-state index contributed by atoms with van der Waals surface area (Å²) >= 11 is 0. The van der Waals surface area contributed by atoms with E-state index in [1.807, 2.05) is 0 Å². The Bertz CT molecular complexity index is 655. The summed E-state index contributed by atoms with van der Waals surface area (Å²) in [5.41, 5.74) is 0. The van der Waals surface area contributed by atoms with Crippen molar-refractivity contribution < 1.29 is 28.6 Å². The monoisotopic (exact) mass is 637 g/mol. The predicted octanol–water partition coefficient (Wildman–Crippen LogP) is 10.6. The van der Waals surface area contributed by atoms with Crippen LogP contribution < -0.4 is 0 Å². The van der Waals surface area contributed by atoms with E-state index in [0.717, 1.165) is 94.8 Å². The second-order valence-electron chi connectivity index (χ2n) is 15.3. The van der Waals surface area contributed by atoms with Gasteiger partial charge in [0.1, 0.15) is 0 Å². The molecule has 6 nitrogen and oxygen atoms in total. The predicted molar refractivity (Wildman–Crippen MR) is 185 cm³/mol. The van der Waals surface area contributed by atoms with E-state index in [9.17, 15) is 14.4 Å². The molecule has 45 heavy (non-hydrogen) atoms. The SMILES string of the molecule is CC(C)CCCCCOC(=O)CCC1CC(CCC(=O)OCCCCCC(C)C)CC(CCC(=O)OCCCCCC(C)C)C1. The third-order valence-electron chi connectivity index (χ3n) is 9.34. The highest BCUT2D eigenvalue weighted by atomic mass is 16.5. The average Bonchev–Trinajstić information content (AvgIpc) is 2.98.